The van der Waals surface area contributed by atoms with Crippen LogP contribution in [0.4, 0.5) is 8.78 Å². The molecule has 1 aromatic carbocycles. The van der Waals surface area contributed by atoms with Crippen molar-refractivity contribution in [3.63, 3.8) is 0 Å². The standard InChI is InChI=1S/C68H105F2N15O13S2/c69-42-11-15-48-46(25-42)40(29-74-48)23-51-63(93)80-52(24-41-30-75-49-16-12-43(70)26-47(41)49)64(94)82-54(28-60(89)90)66(96)81-53(27-44-31-73-36-77-44)65(95)83-55(22-37-9-13-45(86)14-10-37)68(98)85-19-4-8-57(85)67(97)84-56(61(72)91)35-100-34-39-6-3-5-38(21-39)33-99-20-17-58(87)78-50(7-1-2-18-71)62(92)76-32-59(88)79-51/h3,5-6,21,37,40-57,73-75,77,86H,1-2,4,7-20,22-36,71H2,(H2,72,91)(H,76,92)(H,78,87)(H,79,88)(H,80,93)(H,81,96)(H,82,94)(H,83,95)(H,84,97)(H,89,90)/t37?,40?,41?,42?,43?,44?,45?,46?,47?,48?,49?,50-,51-,52-,53-,54+,55-,56-,57-/m0/s1. The lowest BCUT2D eigenvalue weighted by atomic mass is 9.76. The van der Waals surface area contributed by atoms with Crippen molar-refractivity contribution in [2.75, 3.05) is 57.4 Å². The quantitative estimate of drug-likeness (QED) is 0.0959. The maximum Gasteiger partial charge on any atom is 0.305 e. The number of halogens is 2. The molecule has 7 fully saturated rings. The van der Waals surface area contributed by atoms with E-state index in [0.29, 0.717) is 121 Å². The highest BCUT2D eigenvalue weighted by molar-refractivity contribution is 7.98. The van der Waals surface area contributed by atoms with E-state index in [2.05, 4.69) is 63.8 Å². The van der Waals surface area contributed by atoms with Gasteiger partial charge in [-0.05, 0) is 182 Å². The number of hydrogen-bond donors (Lipinski definition) is 16. The van der Waals surface area contributed by atoms with Gasteiger partial charge in [0, 0.05) is 67.3 Å². The van der Waals surface area contributed by atoms with Gasteiger partial charge in [-0.3, -0.25) is 52.7 Å². The van der Waals surface area contributed by atoms with Gasteiger partial charge in [0.2, 0.25) is 59.1 Å². The Kier molecular flexibility index (Phi) is 29.8. The Morgan fingerprint density at radius 2 is 1.20 bits per heavy atom. The van der Waals surface area contributed by atoms with E-state index in [1.54, 1.807) is 0 Å². The van der Waals surface area contributed by atoms with Gasteiger partial charge in [-0.25, -0.2) is 8.78 Å². The summed E-state index contributed by atoms with van der Waals surface area (Å²) >= 11 is 2.86. The summed E-state index contributed by atoms with van der Waals surface area (Å²) in [4.78, 5) is 159. The fraction of sp³-hybridized carbons (Fsp3) is 0.750. The van der Waals surface area contributed by atoms with Crippen molar-refractivity contribution in [2.24, 2.45) is 41.1 Å². The molecule has 8 aliphatic rings. The van der Waals surface area contributed by atoms with E-state index in [1.807, 2.05) is 24.3 Å². The molecule has 3 saturated carbocycles. The molecule has 10 amide bonds. The van der Waals surface area contributed by atoms with Crippen molar-refractivity contribution in [3.8, 4) is 0 Å². The highest BCUT2D eigenvalue weighted by Gasteiger charge is 2.47. The fourth-order valence-electron chi connectivity index (χ4n) is 16.0. The van der Waals surface area contributed by atoms with Gasteiger partial charge in [0.05, 0.1) is 19.1 Å². The normalized spacial score (nSPS) is 34.9. The predicted molar refractivity (Wildman–Crippen MR) is 370 cm³/mol. The van der Waals surface area contributed by atoms with Gasteiger partial charge in [-0.2, -0.15) is 23.5 Å². The molecule has 4 saturated heterocycles. The molecular weight excluding hydrogens is 1340 g/mol. The van der Waals surface area contributed by atoms with E-state index in [-0.39, 0.29) is 106 Å². The van der Waals surface area contributed by atoms with Crippen molar-refractivity contribution >= 4 is 88.6 Å². The van der Waals surface area contributed by atoms with Gasteiger partial charge in [0.15, 0.2) is 0 Å². The van der Waals surface area contributed by atoms with Gasteiger partial charge in [-0.15, -0.1) is 0 Å². The topological polar surface area (TPSA) is 428 Å². The molecule has 9 unspecified atom stereocenters. The van der Waals surface area contributed by atoms with E-state index < -0.39 is 157 Å². The van der Waals surface area contributed by atoms with Crippen LogP contribution in [0.1, 0.15) is 146 Å². The first-order chi connectivity index (χ1) is 48.1. The van der Waals surface area contributed by atoms with E-state index in [4.69, 9.17) is 11.5 Å². The summed E-state index contributed by atoms with van der Waals surface area (Å²) in [6, 6.07) is -3.75. The monoisotopic (exact) mass is 1440 g/mol. The highest BCUT2D eigenvalue weighted by Crippen LogP contribution is 2.40. The summed E-state index contributed by atoms with van der Waals surface area (Å²) in [5, 5.41) is 56.0. The van der Waals surface area contributed by atoms with Gasteiger partial charge >= 0.3 is 5.97 Å². The Labute approximate surface area is 591 Å². The van der Waals surface area contributed by atoms with Crippen molar-refractivity contribution in [3.05, 3.63) is 35.4 Å². The number of rotatable bonds is 15. The predicted octanol–water partition coefficient (Wildman–Crippen LogP) is -0.771. The second-order valence-corrected chi connectivity index (χ2v) is 30.9. The Bertz CT molecular complexity index is 3010. The number of benzene rings is 1. The van der Waals surface area contributed by atoms with Crippen LogP contribution in [0.25, 0.3) is 0 Å². The van der Waals surface area contributed by atoms with Crippen molar-refractivity contribution in [1.82, 2.24) is 68.7 Å². The van der Waals surface area contributed by atoms with Crippen LogP contribution in [0.15, 0.2) is 24.3 Å². The minimum atomic E-state index is -1.90. The van der Waals surface area contributed by atoms with Crippen molar-refractivity contribution in [2.45, 2.75) is 231 Å². The van der Waals surface area contributed by atoms with Crippen LogP contribution in [0, 0.1) is 29.6 Å². The second kappa shape index (κ2) is 38.3. The number of alkyl halides is 2. The van der Waals surface area contributed by atoms with Crippen molar-refractivity contribution < 1.29 is 71.7 Å². The molecule has 2 bridgehead atoms. The molecular formula is C68H105F2N15O13S2. The zero-order valence-corrected chi connectivity index (χ0v) is 58.6. The summed E-state index contributed by atoms with van der Waals surface area (Å²) in [7, 11) is 0. The van der Waals surface area contributed by atoms with E-state index >= 15 is 28.0 Å². The number of aliphatic carboxylic acids is 1. The Morgan fingerprint density at radius 3 is 1.81 bits per heavy atom. The molecule has 5 aliphatic heterocycles. The maximum atomic E-state index is 15.3. The molecule has 3 aliphatic carbocycles. The summed E-state index contributed by atoms with van der Waals surface area (Å²) in [5.74, 6) is -9.24. The molecule has 9 rings (SSSR count). The first-order valence-corrected chi connectivity index (χ1v) is 38.4. The van der Waals surface area contributed by atoms with E-state index in [0.717, 1.165) is 11.1 Å². The number of unbranched alkanes of at least 4 members (excludes halogenated alkanes) is 1. The second-order valence-electron chi connectivity index (χ2n) is 28.7. The van der Waals surface area contributed by atoms with Crippen molar-refractivity contribution in [1.29, 1.82) is 0 Å². The first-order valence-electron chi connectivity index (χ1n) is 36.1. The number of carbonyl (C=O) groups is 11. The number of aliphatic hydroxyl groups excluding tert-OH is 1. The Hall–Kier alpha value is -6.29. The molecule has 1 aromatic rings. The van der Waals surface area contributed by atoms with Crippen LogP contribution >= 0.6 is 23.5 Å². The lowest BCUT2D eigenvalue weighted by Gasteiger charge is -2.34. The molecule has 100 heavy (non-hydrogen) atoms. The summed E-state index contributed by atoms with van der Waals surface area (Å²) in [6.07, 6.45) is 1.92. The third kappa shape index (κ3) is 22.9. The number of fused-ring (bicyclic) bond motifs is 5. The molecule has 32 heteroatoms. The summed E-state index contributed by atoms with van der Waals surface area (Å²) < 4.78 is 30.4. The fourth-order valence-corrected chi connectivity index (χ4v) is 17.9. The Balaban J connectivity index is 1.02. The number of carbonyl (C=O) groups excluding carboxylic acids is 10. The van der Waals surface area contributed by atoms with Crippen LogP contribution in [0.2, 0.25) is 0 Å². The van der Waals surface area contributed by atoms with Gasteiger partial charge in [-0.1, -0.05) is 24.3 Å². The minimum absolute atomic E-state index is 0.0410. The van der Waals surface area contributed by atoms with Crippen LogP contribution in [0.5, 0.6) is 0 Å². The number of nitrogens with zero attached hydrogens (tertiary/aromatic N) is 1. The molecule has 0 aromatic heterocycles. The lowest BCUT2D eigenvalue weighted by molar-refractivity contribution is -0.143. The zero-order chi connectivity index (χ0) is 71.4. The number of primary amides is 1. The largest absolute Gasteiger partial charge is 0.481 e. The molecule has 556 valence electrons. The van der Waals surface area contributed by atoms with E-state index in [9.17, 15) is 43.8 Å². The number of aliphatic hydroxyl groups is 1. The number of amides is 10. The molecule has 0 radical (unpaired) electrons. The Morgan fingerprint density at radius 1 is 0.610 bits per heavy atom. The van der Waals surface area contributed by atoms with Crippen LogP contribution in [-0.4, -0.2) is 223 Å². The molecule has 28 nitrogen and oxygen atoms in total. The summed E-state index contributed by atoms with van der Waals surface area (Å²) in [5.41, 5.74) is 13.6. The lowest BCUT2D eigenvalue weighted by Crippen LogP contribution is -2.61. The number of carboxylic acids is 1. The van der Waals surface area contributed by atoms with Gasteiger partial charge in [0.25, 0.3) is 0 Å². The number of nitrogens with two attached hydrogens (primary N) is 2. The van der Waals surface area contributed by atoms with Gasteiger partial charge < -0.3 is 90.4 Å². The van der Waals surface area contributed by atoms with E-state index in [1.165, 1.54) is 28.4 Å². The molecule has 17 atom stereocenters. The average molecular weight is 1440 g/mol. The zero-order valence-electron chi connectivity index (χ0n) is 57.0. The van der Waals surface area contributed by atoms with Crippen LogP contribution in [0.3, 0.4) is 0 Å². The van der Waals surface area contributed by atoms with Crippen LogP contribution < -0.4 is 75.3 Å². The number of carboxylic acid groups (broad SMARTS) is 1. The SMILES string of the molecule is NCCCC[C@@H]1NC(=O)CCSCc2cccc(c2)CSC[C@@H](C(N)=O)NC(=O)[C@@H]2CCCN2C(=O)[C@H](CC2CCC(O)CC2)NC(=O)[C@H](CC2CNCN2)NC(=O)[C@@H](CC(=O)O)NC(=O)[C@H](CC2CNC3CCC(F)CC23)NC(=O)[C@H](CC2CNC3CCC(F)CC23)NC(=O)CNC1=O. The molecule has 5 heterocycles. The minimum Gasteiger partial charge on any atom is -0.481 e. The average Bonchev–Trinajstić information content (AvgIpc) is 1.64. The third-order valence-electron chi connectivity index (χ3n) is 21.4. The highest BCUT2D eigenvalue weighted by atomic mass is 32.2. The molecule has 18 N–H and O–H groups in total. The van der Waals surface area contributed by atoms with Crippen LogP contribution in [-0.2, 0) is 64.2 Å². The smallest absolute Gasteiger partial charge is 0.305 e. The molecule has 0 spiro atoms. The number of thioether (sulfide) groups is 2. The third-order valence-corrected chi connectivity index (χ3v) is 23.5. The summed E-state index contributed by atoms with van der Waals surface area (Å²) in [6.45, 7) is 1.18. The number of hydrogen-bond acceptors (Lipinski definition) is 19. The first kappa shape index (κ1) is 77.9. The number of nitrogens with one attached hydrogen (secondary N) is 12. The van der Waals surface area contributed by atoms with Gasteiger partial charge in [0.1, 0.15) is 60.7 Å². The maximum absolute atomic E-state index is 15.3.